The lowest BCUT2D eigenvalue weighted by atomic mass is 10.1. The maximum atomic E-state index is 12.3. The summed E-state index contributed by atoms with van der Waals surface area (Å²) in [6.07, 6.45) is 3.79. The lowest BCUT2D eigenvalue weighted by Gasteiger charge is -2.17. The van der Waals surface area contributed by atoms with Crippen molar-refractivity contribution in [3.8, 4) is 0 Å². The third-order valence-corrected chi connectivity index (χ3v) is 5.06. The first-order chi connectivity index (χ1) is 13.0. The Balaban J connectivity index is 1.48. The summed E-state index contributed by atoms with van der Waals surface area (Å²) in [5.41, 5.74) is 0.733. The van der Waals surface area contributed by atoms with Crippen molar-refractivity contribution in [2.24, 2.45) is 5.92 Å². The SMILES string of the molecule is CSc1cccc(N2C[C@H](C(=O)OCC(=O)NC(=O)NC3CC3)CC2=O)c1. The summed E-state index contributed by atoms with van der Waals surface area (Å²) in [5.74, 6) is -2.12. The largest absolute Gasteiger partial charge is 0.455 e. The average Bonchev–Trinajstić information content (AvgIpc) is 3.37. The van der Waals surface area contributed by atoms with Crippen LogP contribution in [0.1, 0.15) is 19.3 Å². The number of amides is 4. The van der Waals surface area contributed by atoms with Crippen molar-refractivity contribution in [3.63, 3.8) is 0 Å². The summed E-state index contributed by atoms with van der Waals surface area (Å²) < 4.78 is 4.97. The maximum Gasteiger partial charge on any atom is 0.321 e. The Labute approximate surface area is 161 Å². The fourth-order valence-corrected chi connectivity index (χ4v) is 3.21. The Morgan fingerprint density at radius 1 is 1.30 bits per heavy atom. The van der Waals surface area contributed by atoms with Crippen molar-refractivity contribution < 1.29 is 23.9 Å². The number of urea groups is 1. The third-order valence-electron chi connectivity index (χ3n) is 4.33. The van der Waals surface area contributed by atoms with E-state index in [0.717, 1.165) is 23.4 Å². The van der Waals surface area contributed by atoms with Gasteiger partial charge in [-0.25, -0.2) is 4.79 Å². The van der Waals surface area contributed by atoms with Gasteiger partial charge in [-0.15, -0.1) is 11.8 Å². The Bertz CT molecular complexity index is 765. The molecule has 0 aromatic heterocycles. The van der Waals surface area contributed by atoms with E-state index >= 15 is 0 Å². The lowest BCUT2D eigenvalue weighted by molar-refractivity contribution is -0.152. The fraction of sp³-hybridized carbons (Fsp3) is 0.444. The number of carbonyl (C=O) groups excluding carboxylic acids is 4. The summed E-state index contributed by atoms with van der Waals surface area (Å²) in [6.45, 7) is -0.344. The highest BCUT2D eigenvalue weighted by molar-refractivity contribution is 7.98. The van der Waals surface area contributed by atoms with Gasteiger partial charge in [-0.1, -0.05) is 6.07 Å². The molecule has 1 aliphatic carbocycles. The van der Waals surface area contributed by atoms with Crippen molar-refractivity contribution in [2.75, 3.05) is 24.3 Å². The second kappa shape index (κ2) is 8.43. The molecule has 1 atom stereocenters. The Morgan fingerprint density at radius 3 is 2.78 bits per heavy atom. The van der Waals surface area contributed by atoms with E-state index in [1.807, 2.05) is 30.5 Å². The number of thioether (sulfide) groups is 1. The summed E-state index contributed by atoms with van der Waals surface area (Å²) >= 11 is 1.57. The van der Waals surface area contributed by atoms with Gasteiger partial charge in [0.1, 0.15) is 0 Å². The van der Waals surface area contributed by atoms with Gasteiger partial charge in [-0.3, -0.25) is 19.7 Å². The number of carbonyl (C=O) groups is 4. The number of nitrogens with one attached hydrogen (secondary N) is 2. The van der Waals surface area contributed by atoms with Crippen LogP contribution in [0.25, 0.3) is 0 Å². The molecule has 0 unspecified atom stereocenters. The van der Waals surface area contributed by atoms with Gasteiger partial charge in [0.15, 0.2) is 6.61 Å². The van der Waals surface area contributed by atoms with Crippen LogP contribution in [0.15, 0.2) is 29.2 Å². The summed E-state index contributed by atoms with van der Waals surface area (Å²) in [5, 5.41) is 4.71. The van der Waals surface area contributed by atoms with E-state index in [1.54, 1.807) is 16.7 Å². The van der Waals surface area contributed by atoms with Gasteiger partial charge in [-0.05, 0) is 37.3 Å². The van der Waals surface area contributed by atoms with E-state index in [1.165, 1.54) is 0 Å². The molecule has 9 heteroatoms. The minimum Gasteiger partial charge on any atom is -0.455 e. The van der Waals surface area contributed by atoms with Crippen LogP contribution in [0.4, 0.5) is 10.5 Å². The first-order valence-corrected chi connectivity index (χ1v) is 9.90. The topological polar surface area (TPSA) is 105 Å². The van der Waals surface area contributed by atoms with E-state index in [-0.39, 0.29) is 24.9 Å². The maximum absolute atomic E-state index is 12.3. The van der Waals surface area contributed by atoms with Gasteiger partial charge < -0.3 is 15.0 Å². The Morgan fingerprint density at radius 2 is 2.07 bits per heavy atom. The lowest BCUT2D eigenvalue weighted by Crippen LogP contribution is -2.42. The fourth-order valence-electron chi connectivity index (χ4n) is 2.76. The molecule has 3 rings (SSSR count). The molecule has 0 spiro atoms. The molecule has 1 saturated carbocycles. The number of nitrogens with zero attached hydrogens (tertiary/aromatic N) is 1. The number of esters is 1. The van der Waals surface area contributed by atoms with Crippen molar-refractivity contribution >= 4 is 41.3 Å². The minimum absolute atomic E-state index is 0.0338. The van der Waals surface area contributed by atoms with Crippen molar-refractivity contribution in [1.82, 2.24) is 10.6 Å². The summed E-state index contributed by atoms with van der Waals surface area (Å²) in [7, 11) is 0. The first-order valence-electron chi connectivity index (χ1n) is 8.67. The van der Waals surface area contributed by atoms with Crippen LogP contribution in [0.3, 0.4) is 0 Å². The molecule has 0 radical (unpaired) electrons. The molecule has 1 aliphatic heterocycles. The van der Waals surface area contributed by atoms with Crippen molar-refractivity contribution in [2.45, 2.75) is 30.2 Å². The molecular formula is C18H21N3O5S. The van der Waals surface area contributed by atoms with Gasteiger partial charge in [0, 0.05) is 29.6 Å². The molecular weight excluding hydrogens is 370 g/mol. The number of hydrogen-bond acceptors (Lipinski definition) is 6. The molecule has 2 fully saturated rings. The molecule has 4 amide bonds. The van der Waals surface area contributed by atoms with Crippen LogP contribution < -0.4 is 15.5 Å². The molecule has 8 nitrogen and oxygen atoms in total. The van der Waals surface area contributed by atoms with E-state index in [0.29, 0.717) is 0 Å². The molecule has 1 aromatic carbocycles. The van der Waals surface area contributed by atoms with Gasteiger partial charge in [0.25, 0.3) is 5.91 Å². The van der Waals surface area contributed by atoms with Crippen LogP contribution in [0.5, 0.6) is 0 Å². The average molecular weight is 391 g/mol. The number of anilines is 1. The zero-order valence-electron chi connectivity index (χ0n) is 14.9. The zero-order chi connectivity index (χ0) is 19.4. The standard InChI is InChI=1S/C18H21N3O5S/c1-27-14-4-2-3-13(8-14)21-9-11(7-16(21)23)17(24)26-10-15(22)20-18(25)19-12-5-6-12/h2-4,8,11-12H,5-7,9-10H2,1H3,(H2,19,20,22,25)/t11-/m1/s1. The highest BCUT2D eigenvalue weighted by Crippen LogP contribution is 2.28. The number of rotatable bonds is 6. The van der Waals surface area contributed by atoms with Crippen LogP contribution in [-0.4, -0.2) is 49.3 Å². The van der Waals surface area contributed by atoms with Gasteiger partial charge >= 0.3 is 12.0 Å². The number of ether oxygens (including phenoxy) is 1. The van der Waals surface area contributed by atoms with Crippen LogP contribution in [0, 0.1) is 5.92 Å². The smallest absolute Gasteiger partial charge is 0.321 e. The predicted molar refractivity (Wildman–Crippen MR) is 99.3 cm³/mol. The van der Waals surface area contributed by atoms with Gasteiger partial charge in [0.05, 0.1) is 5.92 Å². The third kappa shape index (κ3) is 5.22. The van der Waals surface area contributed by atoms with Gasteiger partial charge in [-0.2, -0.15) is 0 Å². The number of benzene rings is 1. The zero-order valence-corrected chi connectivity index (χ0v) is 15.7. The molecule has 1 saturated heterocycles. The molecule has 2 N–H and O–H groups in total. The number of imide groups is 1. The van der Waals surface area contributed by atoms with E-state index in [4.69, 9.17) is 4.74 Å². The quantitative estimate of drug-likeness (QED) is 0.559. The minimum atomic E-state index is -0.699. The Kier molecular flexibility index (Phi) is 6.00. The Hall–Kier alpha value is -2.55. The van der Waals surface area contributed by atoms with Gasteiger partial charge in [0.2, 0.25) is 5.91 Å². The van der Waals surface area contributed by atoms with Crippen LogP contribution in [-0.2, 0) is 19.1 Å². The normalized spacial score (nSPS) is 18.9. The van der Waals surface area contributed by atoms with Crippen LogP contribution in [0.2, 0.25) is 0 Å². The molecule has 1 aromatic rings. The molecule has 27 heavy (non-hydrogen) atoms. The second-order valence-corrected chi connectivity index (χ2v) is 7.39. The molecule has 0 bridgehead atoms. The van der Waals surface area contributed by atoms with E-state index in [9.17, 15) is 19.2 Å². The highest BCUT2D eigenvalue weighted by atomic mass is 32.2. The molecule has 1 heterocycles. The monoisotopic (exact) mass is 391 g/mol. The predicted octanol–water partition coefficient (Wildman–Crippen LogP) is 1.29. The first kappa shape index (κ1) is 19.2. The molecule has 2 aliphatic rings. The number of hydrogen-bond donors (Lipinski definition) is 2. The van der Waals surface area contributed by atoms with E-state index < -0.39 is 30.4 Å². The van der Waals surface area contributed by atoms with Crippen molar-refractivity contribution in [3.05, 3.63) is 24.3 Å². The summed E-state index contributed by atoms with van der Waals surface area (Å²) in [4.78, 5) is 50.1. The second-order valence-electron chi connectivity index (χ2n) is 6.51. The van der Waals surface area contributed by atoms with E-state index in [2.05, 4.69) is 10.6 Å². The van der Waals surface area contributed by atoms with Crippen molar-refractivity contribution in [1.29, 1.82) is 0 Å². The molecule has 144 valence electrons. The highest BCUT2D eigenvalue weighted by Gasteiger charge is 2.36. The van der Waals surface area contributed by atoms with Crippen LogP contribution >= 0.6 is 11.8 Å². The summed E-state index contributed by atoms with van der Waals surface area (Å²) in [6, 6.07) is 7.05.